The molecule has 0 saturated heterocycles. The van der Waals surface area contributed by atoms with Crippen LogP contribution in [0.3, 0.4) is 0 Å². The minimum Gasteiger partial charge on any atom is -0.465 e. The molecule has 0 unspecified atom stereocenters. The molecule has 28 heavy (non-hydrogen) atoms. The molecular weight excluding hydrogens is 358 g/mol. The largest absolute Gasteiger partial charge is 0.465 e. The zero-order chi connectivity index (χ0) is 19.9. The molecule has 0 atom stereocenters. The number of aromatic nitrogens is 1. The van der Waals surface area contributed by atoms with Crippen LogP contribution in [0.15, 0.2) is 42.7 Å². The summed E-state index contributed by atoms with van der Waals surface area (Å²) in [5, 5.41) is 5.72. The third kappa shape index (κ3) is 4.94. The second kappa shape index (κ2) is 9.12. The maximum atomic E-state index is 12.5. The molecule has 1 aromatic heterocycles. The summed E-state index contributed by atoms with van der Waals surface area (Å²) in [6, 6.07) is 8.13. The number of hydrogen-bond acceptors (Lipinski definition) is 5. The van der Waals surface area contributed by atoms with Crippen molar-refractivity contribution < 1.29 is 19.1 Å². The van der Waals surface area contributed by atoms with Crippen LogP contribution in [0.4, 0.5) is 5.69 Å². The second-order valence-corrected chi connectivity index (χ2v) is 6.80. The zero-order valence-electron chi connectivity index (χ0n) is 15.7. The van der Waals surface area contributed by atoms with Gasteiger partial charge in [-0.3, -0.25) is 14.6 Å². The third-order valence-electron chi connectivity index (χ3n) is 4.74. The fraction of sp³-hybridized carbons (Fsp3) is 0.333. The van der Waals surface area contributed by atoms with Crippen molar-refractivity contribution in [3.63, 3.8) is 0 Å². The van der Waals surface area contributed by atoms with E-state index in [1.54, 1.807) is 18.2 Å². The molecule has 1 aliphatic rings. The number of rotatable bonds is 5. The molecule has 1 aliphatic carbocycles. The number of amides is 2. The Morgan fingerprint density at radius 2 is 1.68 bits per heavy atom. The Kier molecular flexibility index (Phi) is 6.37. The number of benzene rings is 1. The number of nitrogens with one attached hydrogen (secondary N) is 2. The molecular formula is C21H23N3O4. The van der Waals surface area contributed by atoms with Gasteiger partial charge in [-0.25, -0.2) is 4.79 Å². The first-order chi connectivity index (χ1) is 13.6. The van der Waals surface area contributed by atoms with Gasteiger partial charge >= 0.3 is 5.97 Å². The zero-order valence-corrected chi connectivity index (χ0v) is 15.7. The van der Waals surface area contributed by atoms with E-state index in [0.29, 0.717) is 16.8 Å². The molecule has 0 bridgehead atoms. The number of methoxy groups -OCH3 is 1. The van der Waals surface area contributed by atoms with Gasteiger partial charge in [0.15, 0.2) is 0 Å². The van der Waals surface area contributed by atoms with Gasteiger partial charge in [0.2, 0.25) is 0 Å². The predicted octanol–water partition coefficient (Wildman–Crippen LogP) is 3.18. The number of ether oxygens (including phenoxy) is 1. The van der Waals surface area contributed by atoms with E-state index in [1.165, 1.54) is 38.1 Å². The van der Waals surface area contributed by atoms with Gasteiger partial charge in [-0.2, -0.15) is 0 Å². The number of pyridine rings is 1. The highest BCUT2D eigenvalue weighted by Crippen LogP contribution is 2.18. The lowest BCUT2D eigenvalue weighted by Gasteiger charge is -2.22. The molecule has 2 N–H and O–H groups in total. The molecule has 3 rings (SSSR count). The van der Waals surface area contributed by atoms with Crippen LogP contribution in [0.25, 0.3) is 0 Å². The summed E-state index contributed by atoms with van der Waals surface area (Å²) in [5.41, 5.74) is 1.39. The Morgan fingerprint density at radius 1 is 0.964 bits per heavy atom. The van der Waals surface area contributed by atoms with Crippen LogP contribution in [-0.2, 0) is 4.74 Å². The van der Waals surface area contributed by atoms with Crippen molar-refractivity contribution in [3.8, 4) is 0 Å². The minimum atomic E-state index is -0.487. The van der Waals surface area contributed by atoms with E-state index in [4.69, 9.17) is 0 Å². The molecule has 146 valence electrons. The Hall–Kier alpha value is -3.22. The molecule has 0 spiro atoms. The van der Waals surface area contributed by atoms with Gasteiger partial charge in [-0.15, -0.1) is 0 Å². The van der Waals surface area contributed by atoms with Crippen LogP contribution < -0.4 is 10.6 Å². The SMILES string of the molecule is COC(=O)c1cccc(NC(=O)c2cncc(C(=O)NC3CCCCC3)c2)c1. The fourth-order valence-corrected chi connectivity index (χ4v) is 3.25. The maximum Gasteiger partial charge on any atom is 0.337 e. The van der Waals surface area contributed by atoms with Crippen molar-refractivity contribution in [1.82, 2.24) is 10.3 Å². The number of esters is 1. The van der Waals surface area contributed by atoms with Crippen molar-refractivity contribution in [1.29, 1.82) is 0 Å². The number of carbonyl (C=O) groups is 3. The van der Waals surface area contributed by atoms with Gasteiger partial charge in [0.1, 0.15) is 0 Å². The summed E-state index contributed by atoms with van der Waals surface area (Å²) in [4.78, 5) is 40.6. The van der Waals surface area contributed by atoms with Gasteiger partial charge in [0.25, 0.3) is 11.8 Å². The molecule has 2 aromatic rings. The van der Waals surface area contributed by atoms with E-state index in [2.05, 4.69) is 20.4 Å². The first-order valence-corrected chi connectivity index (χ1v) is 9.32. The molecule has 7 nitrogen and oxygen atoms in total. The molecule has 0 aliphatic heterocycles. The summed E-state index contributed by atoms with van der Waals surface area (Å²) in [7, 11) is 1.29. The lowest BCUT2D eigenvalue weighted by molar-refractivity contribution is 0.0600. The topological polar surface area (TPSA) is 97.4 Å². The smallest absolute Gasteiger partial charge is 0.337 e. The summed E-state index contributed by atoms with van der Waals surface area (Å²) in [6.45, 7) is 0. The first-order valence-electron chi connectivity index (χ1n) is 9.32. The van der Waals surface area contributed by atoms with Crippen molar-refractivity contribution in [2.24, 2.45) is 0 Å². The molecule has 0 radical (unpaired) electrons. The normalized spacial score (nSPS) is 14.2. The number of hydrogen-bond donors (Lipinski definition) is 2. The van der Waals surface area contributed by atoms with Crippen molar-refractivity contribution in [2.45, 2.75) is 38.1 Å². The average molecular weight is 381 g/mol. The summed E-state index contributed by atoms with van der Waals surface area (Å²) in [6.07, 6.45) is 8.27. The van der Waals surface area contributed by atoms with Gasteiger partial charge in [0.05, 0.1) is 23.8 Å². The van der Waals surface area contributed by atoms with Crippen LogP contribution in [0.1, 0.15) is 63.2 Å². The monoisotopic (exact) mass is 381 g/mol. The van der Waals surface area contributed by atoms with Gasteiger partial charge in [-0.1, -0.05) is 25.3 Å². The third-order valence-corrected chi connectivity index (χ3v) is 4.74. The standard InChI is InChI=1S/C21H23N3O4/c1-28-21(27)14-6-5-9-18(11-14)24-20(26)16-10-15(12-22-13-16)19(25)23-17-7-3-2-4-8-17/h5-6,9-13,17H,2-4,7-8H2,1H3,(H,23,25)(H,24,26). The first kappa shape index (κ1) is 19.5. The highest BCUT2D eigenvalue weighted by Gasteiger charge is 2.18. The van der Waals surface area contributed by atoms with Crippen LogP contribution in [-0.4, -0.2) is 35.9 Å². The number of carbonyl (C=O) groups excluding carboxylic acids is 3. The molecule has 7 heteroatoms. The lowest BCUT2D eigenvalue weighted by atomic mass is 9.95. The van der Waals surface area contributed by atoms with Crippen molar-refractivity contribution in [2.75, 3.05) is 12.4 Å². The quantitative estimate of drug-likeness (QED) is 0.775. The number of anilines is 1. The molecule has 1 fully saturated rings. The van der Waals surface area contributed by atoms with Gasteiger partial charge in [0, 0.05) is 24.1 Å². The lowest BCUT2D eigenvalue weighted by Crippen LogP contribution is -2.36. The minimum absolute atomic E-state index is 0.180. The Balaban J connectivity index is 1.68. The summed E-state index contributed by atoms with van der Waals surface area (Å²) < 4.78 is 4.68. The van der Waals surface area contributed by atoms with Crippen molar-refractivity contribution >= 4 is 23.5 Å². The Morgan fingerprint density at radius 3 is 2.39 bits per heavy atom. The van der Waals surface area contributed by atoms with Crippen molar-refractivity contribution in [3.05, 3.63) is 59.4 Å². The van der Waals surface area contributed by atoms with Crippen LogP contribution in [0.5, 0.6) is 0 Å². The highest BCUT2D eigenvalue weighted by molar-refractivity contribution is 6.06. The van der Waals surface area contributed by atoms with E-state index in [1.807, 2.05) is 0 Å². The molecule has 1 saturated carbocycles. The average Bonchev–Trinajstić information content (AvgIpc) is 2.74. The fourth-order valence-electron chi connectivity index (χ4n) is 3.25. The van der Waals surface area contributed by atoms with Crippen LogP contribution >= 0.6 is 0 Å². The van der Waals surface area contributed by atoms with Gasteiger partial charge in [-0.05, 0) is 37.1 Å². The summed E-state index contributed by atoms with van der Waals surface area (Å²) >= 11 is 0. The molecule has 1 aromatic carbocycles. The van der Waals surface area contributed by atoms with E-state index in [0.717, 1.165) is 25.7 Å². The molecule has 1 heterocycles. The van der Waals surface area contributed by atoms with E-state index < -0.39 is 11.9 Å². The molecule has 2 amide bonds. The maximum absolute atomic E-state index is 12.5. The van der Waals surface area contributed by atoms with E-state index in [-0.39, 0.29) is 17.5 Å². The Bertz CT molecular complexity index is 875. The van der Waals surface area contributed by atoms with Crippen LogP contribution in [0.2, 0.25) is 0 Å². The van der Waals surface area contributed by atoms with Crippen LogP contribution in [0, 0.1) is 0 Å². The van der Waals surface area contributed by atoms with E-state index >= 15 is 0 Å². The van der Waals surface area contributed by atoms with Gasteiger partial charge < -0.3 is 15.4 Å². The Labute approximate surface area is 163 Å². The predicted molar refractivity (Wildman–Crippen MR) is 104 cm³/mol. The van der Waals surface area contributed by atoms with E-state index in [9.17, 15) is 14.4 Å². The second-order valence-electron chi connectivity index (χ2n) is 6.80. The number of nitrogens with zero attached hydrogens (tertiary/aromatic N) is 1. The highest BCUT2D eigenvalue weighted by atomic mass is 16.5. The summed E-state index contributed by atoms with van der Waals surface area (Å²) in [5.74, 6) is -1.12.